The van der Waals surface area contributed by atoms with Gasteiger partial charge < -0.3 is 4.74 Å². The van der Waals surface area contributed by atoms with Crippen molar-refractivity contribution in [2.45, 2.75) is 130 Å². The van der Waals surface area contributed by atoms with Gasteiger partial charge in [-0.05, 0) is 49.2 Å². The number of pyridine rings is 1. The molecule has 3 aromatic rings. The van der Waals surface area contributed by atoms with Crippen molar-refractivity contribution < 1.29 is 18.9 Å². The lowest BCUT2D eigenvalue weighted by atomic mass is 10.0. The quantitative estimate of drug-likeness (QED) is 0.0644. The highest BCUT2D eigenvalue weighted by atomic mass is 16.5. The molecule has 0 spiro atoms. The number of ether oxygens (including phenoxy) is 1. The largest absolute Gasteiger partial charge is 0.494 e. The lowest BCUT2D eigenvalue weighted by molar-refractivity contribution is -0.704. The summed E-state index contributed by atoms with van der Waals surface area (Å²) >= 11 is 0. The monoisotopic (exact) mass is 613 g/mol. The number of hydrogen-bond acceptors (Lipinski definition) is 3. The molecule has 0 fully saturated rings. The van der Waals surface area contributed by atoms with Gasteiger partial charge in [0.05, 0.1) is 6.61 Å². The minimum atomic E-state index is -0.301. The van der Waals surface area contributed by atoms with Crippen molar-refractivity contribution >= 4 is 11.8 Å². The van der Waals surface area contributed by atoms with E-state index in [1.807, 2.05) is 61.7 Å². The highest BCUT2D eigenvalue weighted by Gasteiger charge is 2.28. The summed E-state index contributed by atoms with van der Waals surface area (Å²) in [6.07, 6.45) is 21.6. The highest BCUT2D eigenvalue weighted by Crippen LogP contribution is 2.22. The smallest absolute Gasteiger partial charge is 0.261 e. The number of carbonyl (C=O) groups is 2. The predicted molar refractivity (Wildman–Crippen MR) is 185 cm³/mol. The van der Waals surface area contributed by atoms with Crippen LogP contribution < -0.4 is 9.30 Å². The van der Waals surface area contributed by atoms with Gasteiger partial charge in [-0.25, -0.2) is 4.57 Å². The second-order valence-corrected chi connectivity index (χ2v) is 12.4. The number of unbranched alkanes of at least 4 members (excludes halogenated alkanes) is 13. The molecule has 5 heteroatoms. The van der Waals surface area contributed by atoms with E-state index in [-0.39, 0.29) is 18.4 Å². The van der Waals surface area contributed by atoms with Crippen molar-refractivity contribution in [2.24, 2.45) is 0 Å². The summed E-state index contributed by atoms with van der Waals surface area (Å²) in [7, 11) is 0. The fourth-order valence-electron chi connectivity index (χ4n) is 5.85. The van der Waals surface area contributed by atoms with Gasteiger partial charge in [-0.3, -0.25) is 14.5 Å². The van der Waals surface area contributed by atoms with E-state index >= 15 is 0 Å². The maximum Gasteiger partial charge on any atom is 0.261 e. The van der Waals surface area contributed by atoms with Crippen molar-refractivity contribution in [1.29, 1.82) is 0 Å². The maximum atomic E-state index is 13.9. The summed E-state index contributed by atoms with van der Waals surface area (Å²) in [5, 5.41) is 0. The van der Waals surface area contributed by atoms with Crippen molar-refractivity contribution in [1.82, 2.24) is 4.90 Å². The number of amides is 2. The zero-order chi connectivity index (χ0) is 32.1. The highest BCUT2D eigenvalue weighted by molar-refractivity contribution is 6.10. The molecule has 5 nitrogen and oxygen atoms in total. The van der Waals surface area contributed by atoms with Crippen LogP contribution in [0.3, 0.4) is 0 Å². The first-order chi connectivity index (χ1) is 22.0. The molecule has 244 valence electrons. The van der Waals surface area contributed by atoms with Gasteiger partial charge in [0.15, 0.2) is 6.20 Å². The van der Waals surface area contributed by atoms with E-state index in [0.29, 0.717) is 17.7 Å². The molecule has 1 heterocycles. The molecule has 0 bridgehead atoms. The van der Waals surface area contributed by atoms with Gasteiger partial charge in [0, 0.05) is 29.7 Å². The molecule has 45 heavy (non-hydrogen) atoms. The number of imide groups is 1. The van der Waals surface area contributed by atoms with Crippen molar-refractivity contribution in [3.05, 3.63) is 95.3 Å². The zero-order valence-corrected chi connectivity index (χ0v) is 28.3. The van der Waals surface area contributed by atoms with Gasteiger partial charge in [-0.1, -0.05) is 122 Å². The van der Waals surface area contributed by atoms with Crippen LogP contribution in [0.25, 0.3) is 0 Å². The first-order valence-electron chi connectivity index (χ1n) is 17.7. The Bertz CT molecular complexity index is 1270. The first kappa shape index (κ1) is 36.0. The molecule has 2 amide bonds. The van der Waals surface area contributed by atoms with E-state index in [1.165, 1.54) is 88.4 Å². The van der Waals surface area contributed by atoms with E-state index in [1.54, 1.807) is 18.2 Å². The third kappa shape index (κ3) is 12.8. The van der Waals surface area contributed by atoms with E-state index in [0.717, 1.165) is 36.4 Å². The van der Waals surface area contributed by atoms with Crippen LogP contribution in [0.5, 0.6) is 5.75 Å². The summed E-state index contributed by atoms with van der Waals surface area (Å²) in [6, 6.07) is 20.5. The maximum absolute atomic E-state index is 13.9. The van der Waals surface area contributed by atoms with Crippen molar-refractivity contribution in [2.75, 3.05) is 6.61 Å². The molecule has 0 aliphatic heterocycles. The summed E-state index contributed by atoms with van der Waals surface area (Å²) in [6.45, 7) is 8.01. The van der Waals surface area contributed by atoms with E-state index in [2.05, 4.69) is 18.4 Å². The van der Waals surface area contributed by atoms with E-state index < -0.39 is 0 Å². The summed E-state index contributed by atoms with van der Waals surface area (Å²) in [5.41, 5.74) is 2.73. The molecule has 0 saturated carbocycles. The molecule has 0 unspecified atom stereocenters. The summed E-state index contributed by atoms with van der Waals surface area (Å²) in [5.74, 6) is 0.167. The minimum Gasteiger partial charge on any atom is -0.494 e. The van der Waals surface area contributed by atoms with Crippen LogP contribution in [0.4, 0.5) is 0 Å². The van der Waals surface area contributed by atoms with Gasteiger partial charge >= 0.3 is 0 Å². The Morgan fingerprint density at radius 2 is 1.27 bits per heavy atom. The fraction of sp³-hybridized carbons (Fsp3) is 0.525. The second kappa shape index (κ2) is 21.3. The van der Waals surface area contributed by atoms with Gasteiger partial charge in [-0.15, -0.1) is 0 Å². The fourth-order valence-corrected chi connectivity index (χ4v) is 5.85. The molecular formula is C40H57N2O3+. The minimum absolute atomic E-state index is 0.199. The lowest BCUT2D eigenvalue weighted by Crippen LogP contribution is -2.44. The number of aryl methyl sites for hydroxylation is 2. The van der Waals surface area contributed by atoms with E-state index in [9.17, 15) is 9.59 Å². The van der Waals surface area contributed by atoms with Crippen LogP contribution in [-0.4, -0.2) is 23.3 Å². The molecule has 0 radical (unpaired) electrons. The second-order valence-electron chi connectivity index (χ2n) is 12.4. The summed E-state index contributed by atoms with van der Waals surface area (Å²) < 4.78 is 8.16. The number of carbonyl (C=O) groups excluding carboxylic acids is 2. The molecular weight excluding hydrogens is 556 g/mol. The SMILES string of the molecule is CCCCCCCCCCCCCCCCOc1ccc(C(=O)N(Cc2cccc[n+]2CCC)C(=O)c2ccccc2)c(C)c1. The van der Waals surface area contributed by atoms with Crippen LogP contribution >= 0.6 is 0 Å². The Balaban J connectivity index is 1.47. The van der Waals surface area contributed by atoms with Gasteiger partial charge in [0.2, 0.25) is 5.69 Å². The predicted octanol–water partition coefficient (Wildman–Crippen LogP) is 10.0. The zero-order valence-electron chi connectivity index (χ0n) is 28.3. The lowest BCUT2D eigenvalue weighted by Gasteiger charge is -2.21. The number of aromatic nitrogens is 1. The number of benzene rings is 2. The van der Waals surface area contributed by atoms with Gasteiger partial charge in [0.1, 0.15) is 18.8 Å². The van der Waals surface area contributed by atoms with Crippen LogP contribution in [0.15, 0.2) is 72.9 Å². The Morgan fingerprint density at radius 3 is 1.87 bits per heavy atom. The molecule has 0 atom stereocenters. The Kier molecular flexibility index (Phi) is 17.0. The van der Waals surface area contributed by atoms with Crippen LogP contribution in [0.2, 0.25) is 0 Å². The normalized spacial score (nSPS) is 11.0. The van der Waals surface area contributed by atoms with Crippen LogP contribution in [0, 0.1) is 6.92 Å². The topological polar surface area (TPSA) is 50.5 Å². The molecule has 3 rings (SSSR count). The molecule has 0 aliphatic rings. The molecule has 0 saturated heterocycles. The average Bonchev–Trinajstić information content (AvgIpc) is 3.06. The molecule has 2 aromatic carbocycles. The molecule has 0 aliphatic carbocycles. The van der Waals surface area contributed by atoms with Crippen LogP contribution in [-0.2, 0) is 13.1 Å². The van der Waals surface area contributed by atoms with Crippen LogP contribution in [0.1, 0.15) is 142 Å². The number of hydrogen-bond donors (Lipinski definition) is 0. The Labute approximate surface area is 273 Å². The number of nitrogens with zero attached hydrogens (tertiary/aromatic N) is 2. The Hall–Kier alpha value is -3.47. The number of rotatable bonds is 22. The molecule has 1 aromatic heterocycles. The van der Waals surface area contributed by atoms with E-state index in [4.69, 9.17) is 4.74 Å². The third-order valence-corrected chi connectivity index (χ3v) is 8.53. The summed E-state index contributed by atoms with van der Waals surface area (Å²) in [4.78, 5) is 28.9. The first-order valence-corrected chi connectivity index (χ1v) is 17.7. The van der Waals surface area contributed by atoms with Gasteiger partial charge in [-0.2, -0.15) is 0 Å². The molecule has 0 N–H and O–H groups in total. The average molecular weight is 614 g/mol. The standard InChI is InChI=1S/C40H57N2O3/c1-4-6-7-8-9-10-11-12-13-14-15-16-17-23-31-45-37-27-28-38(34(3)32-37)40(44)42(39(43)35-24-19-18-20-25-35)33-36-26-21-22-30-41(36)29-5-2/h18-22,24-28,30,32H,4-17,23,29,31,33H2,1-3H3/q+1. The van der Waals surface area contributed by atoms with Crippen molar-refractivity contribution in [3.8, 4) is 5.75 Å². The Morgan fingerprint density at radius 1 is 0.667 bits per heavy atom. The van der Waals surface area contributed by atoms with Gasteiger partial charge in [0.25, 0.3) is 11.8 Å². The van der Waals surface area contributed by atoms with Crippen molar-refractivity contribution in [3.63, 3.8) is 0 Å². The third-order valence-electron chi connectivity index (χ3n) is 8.53.